The van der Waals surface area contributed by atoms with E-state index in [1.807, 2.05) is 25.1 Å². The number of carbonyl (C=O) groups excluding carboxylic acids is 1. The zero-order chi connectivity index (χ0) is 21.0. The fourth-order valence-electron chi connectivity index (χ4n) is 2.72. The molecule has 0 aliphatic carbocycles. The molecular weight excluding hydrogens is 386 g/mol. The number of hydrogen-bond donors (Lipinski definition) is 1. The van der Waals surface area contributed by atoms with E-state index in [4.69, 9.17) is 5.26 Å². The molecule has 0 unspecified atom stereocenters. The molecule has 0 radical (unpaired) electrons. The third kappa shape index (κ3) is 4.45. The Balaban J connectivity index is 1.87. The molecule has 6 nitrogen and oxygen atoms in total. The second kappa shape index (κ2) is 8.17. The summed E-state index contributed by atoms with van der Waals surface area (Å²) in [6.07, 6.45) is 0. The Morgan fingerprint density at radius 3 is 2.38 bits per heavy atom. The number of amides is 1. The predicted molar refractivity (Wildman–Crippen MR) is 112 cm³/mol. The van der Waals surface area contributed by atoms with E-state index in [1.165, 1.54) is 35.6 Å². The number of aryl methyl sites for hydroxylation is 1. The Hall–Kier alpha value is -3.63. The molecule has 0 saturated carbocycles. The molecule has 3 aromatic rings. The maximum atomic E-state index is 13.0. The van der Waals surface area contributed by atoms with Gasteiger partial charge in [0.1, 0.15) is 0 Å². The third-order valence-corrected chi connectivity index (χ3v) is 6.18. The number of benzene rings is 3. The van der Waals surface area contributed by atoms with Crippen molar-refractivity contribution in [1.29, 1.82) is 5.26 Å². The molecule has 146 valence electrons. The lowest BCUT2D eigenvalue weighted by Crippen LogP contribution is -2.26. The van der Waals surface area contributed by atoms with Crippen LogP contribution in [0, 0.1) is 18.3 Å². The largest absolute Gasteiger partial charge is 0.322 e. The minimum Gasteiger partial charge on any atom is -0.322 e. The van der Waals surface area contributed by atoms with Gasteiger partial charge in [0, 0.05) is 18.3 Å². The average molecular weight is 405 g/mol. The van der Waals surface area contributed by atoms with Crippen LogP contribution >= 0.6 is 0 Å². The minimum atomic E-state index is -3.83. The summed E-state index contributed by atoms with van der Waals surface area (Å²) in [5, 5.41) is 11.6. The summed E-state index contributed by atoms with van der Waals surface area (Å²) in [5.41, 5.74) is 2.63. The molecular formula is C22H19N3O3S. The van der Waals surface area contributed by atoms with Crippen molar-refractivity contribution in [3.63, 3.8) is 0 Å². The number of nitriles is 1. The van der Waals surface area contributed by atoms with E-state index in [1.54, 1.807) is 36.4 Å². The molecule has 29 heavy (non-hydrogen) atoms. The Morgan fingerprint density at radius 1 is 1.00 bits per heavy atom. The Kier molecular flexibility index (Phi) is 5.66. The van der Waals surface area contributed by atoms with Crippen LogP contribution in [0.5, 0.6) is 0 Å². The molecule has 1 N–H and O–H groups in total. The maximum Gasteiger partial charge on any atom is 0.264 e. The molecule has 0 heterocycles. The number of carbonyl (C=O) groups is 1. The highest BCUT2D eigenvalue weighted by atomic mass is 32.2. The molecule has 0 saturated heterocycles. The maximum absolute atomic E-state index is 13.0. The molecule has 0 aliphatic rings. The average Bonchev–Trinajstić information content (AvgIpc) is 2.74. The summed E-state index contributed by atoms with van der Waals surface area (Å²) in [5.74, 6) is -0.463. The van der Waals surface area contributed by atoms with Crippen LogP contribution in [-0.4, -0.2) is 21.4 Å². The van der Waals surface area contributed by atoms with Gasteiger partial charge < -0.3 is 5.32 Å². The summed E-state index contributed by atoms with van der Waals surface area (Å²) < 4.78 is 27.2. The fraction of sp³-hybridized carbons (Fsp3) is 0.0909. The smallest absolute Gasteiger partial charge is 0.264 e. The third-order valence-electron chi connectivity index (χ3n) is 4.40. The number of nitrogens with one attached hydrogen (secondary N) is 1. The monoisotopic (exact) mass is 405 g/mol. The summed E-state index contributed by atoms with van der Waals surface area (Å²) in [6, 6.07) is 21.5. The van der Waals surface area contributed by atoms with Crippen LogP contribution in [0.1, 0.15) is 21.5 Å². The fourth-order valence-corrected chi connectivity index (χ4v) is 3.96. The zero-order valence-corrected chi connectivity index (χ0v) is 16.8. The first-order valence-corrected chi connectivity index (χ1v) is 10.2. The molecule has 0 spiro atoms. The molecule has 1 amide bonds. The van der Waals surface area contributed by atoms with Crippen LogP contribution < -0.4 is 9.62 Å². The van der Waals surface area contributed by atoms with Crippen LogP contribution in [0.4, 0.5) is 11.4 Å². The van der Waals surface area contributed by atoms with E-state index in [2.05, 4.69) is 5.32 Å². The standard InChI is InChI=1S/C22H19N3O3S/c1-16-9-11-20(12-10-16)25(2)29(27,28)21-8-4-6-18(14-21)22(26)24-19-7-3-5-17(13-19)15-23/h3-14H,1-2H3,(H,24,26). The topological polar surface area (TPSA) is 90.3 Å². The quantitative estimate of drug-likeness (QED) is 0.696. The van der Waals surface area contributed by atoms with Crippen molar-refractivity contribution in [3.8, 4) is 6.07 Å². The lowest BCUT2D eigenvalue weighted by Gasteiger charge is -2.20. The van der Waals surface area contributed by atoms with E-state index in [0.717, 1.165) is 5.56 Å². The molecule has 0 atom stereocenters. The normalized spacial score (nSPS) is 10.8. The van der Waals surface area contributed by atoms with E-state index >= 15 is 0 Å². The van der Waals surface area contributed by atoms with Gasteiger partial charge in [-0.1, -0.05) is 29.8 Å². The van der Waals surface area contributed by atoms with Crippen LogP contribution in [0.3, 0.4) is 0 Å². The van der Waals surface area contributed by atoms with Gasteiger partial charge in [-0.3, -0.25) is 9.10 Å². The van der Waals surface area contributed by atoms with Crippen molar-refractivity contribution >= 4 is 27.3 Å². The highest BCUT2D eigenvalue weighted by Gasteiger charge is 2.22. The Labute approximate surface area is 170 Å². The first-order chi connectivity index (χ1) is 13.8. The van der Waals surface area contributed by atoms with Gasteiger partial charge in [0.25, 0.3) is 15.9 Å². The molecule has 3 rings (SSSR count). The summed E-state index contributed by atoms with van der Waals surface area (Å²) in [6.45, 7) is 1.92. The summed E-state index contributed by atoms with van der Waals surface area (Å²) in [7, 11) is -2.36. The zero-order valence-electron chi connectivity index (χ0n) is 16.0. The van der Waals surface area contributed by atoms with E-state index in [0.29, 0.717) is 16.9 Å². The second-order valence-corrected chi connectivity index (χ2v) is 8.45. The predicted octanol–water partition coefficient (Wildman–Crippen LogP) is 3.94. The number of sulfonamides is 1. The lowest BCUT2D eigenvalue weighted by atomic mass is 10.2. The number of nitrogens with zero attached hydrogens (tertiary/aromatic N) is 2. The van der Waals surface area contributed by atoms with Gasteiger partial charge in [0.15, 0.2) is 0 Å². The van der Waals surface area contributed by atoms with E-state index in [9.17, 15) is 13.2 Å². The van der Waals surface area contributed by atoms with Gasteiger partial charge in [-0.05, 0) is 55.5 Å². The van der Waals surface area contributed by atoms with Gasteiger partial charge in [-0.25, -0.2) is 8.42 Å². The van der Waals surface area contributed by atoms with Crippen molar-refractivity contribution in [1.82, 2.24) is 0 Å². The number of anilines is 2. The number of hydrogen-bond acceptors (Lipinski definition) is 4. The summed E-state index contributed by atoms with van der Waals surface area (Å²) in [4.78, 5) is 12.6. The molecule has 0 aromatic heterocycles. The molecule has 0 fully saturated rings. The Morgan fingerprint density at radius 2 is 1.69 bits per heavy atom. The molecule has 3 aromatic carbocycles. The molecule has 0 bridgehead atoms. The van der Waals surface area contributed by atoms with Gasteiger partial charge in [-0.2, -0.15) is 5.26 Å². The van der Waals surface area contributed by atoms with Crippen molar-refractivity contribution in [2.45, 2.75) is 11.8 Å². The van der Waals surface area contributed by atoms with E-state index < -0.39 is 15.9 Å². The molecule has 7 heteroatoms. The van der Waals surface area contributed by atoms with Crippen LogP contribution in [0.25, 0.3) is 0 Å². The van der Waals surface area contributed by atoms with Gasteiger partial charge >= 0.3 is 0 Å². The first kappa shape index (κ1) is 20.1. The van der Waals surface area contributed by atoms with Crippen molar-refractivity contribution in [2.75, 3.05) is 16.7 Å². The van der Waals surface area contributed by atoms with Crippen molar-refractivity contribution in [2.24, 2.45) is 0 Å². The minimum absolute atomic E-state index is 0.0130. The highest BCUT2D eigenvalue weighted by Crippen LogP contribution is 2.23. The van der Waals surface area contributed by atoms with Crippen molar-refractivity contribution in [3.05, 3.63) is 89.5 Å². The first-order valence-electron chi connectivity index (χ1n) is 8.78. The summed E-state index contributed by atoms with van der Waals surface area (Å²) >= 11 is 0. The van der Waals surface area contributed by atoms with Crippen LogP contribution in [0.15, 0.2) is 77.7 Å². The lowest BCUT2D eigenvalue weighted by molar-refractivity contribution is 0.102. The SMILES string of the molecule is Cc1ccc(N(C)S(=O)(=O)c2cccc(C(=O)Nc3cccc(C#N)c3)c2)cc1. The second-order valence-electron chi connectivity index (χ2n) is 6.48. The van der Waals surface area contributed by atoms with E-state index in [-0.39, 0.29) is 10.5 Å². The van der Waals surface area contributed by atoms with Gasteiger partial charge in [-0.15, -0.1) is 0 Å². The van der Waals surface area contributed by atoms with Gasteiger partial charge in [0.2, 0.25) is 0 Å². The Bertz CT molecular complexity index is 1200. The molecule has 0 aliphatic heterocycles. The van der Waals surface area contributed by atoms with Crippen LogP contribution in [-0.2, 0) is 10.0 Å². The van der Waals surface area contributed by atoms with Crippen LogP contribution in [0.2, 0.25) is 0 Å². The van der Waals surface area contributed by atoms with Gasteiger partial charge in [0.05, 0.1) is 22.2 Å². The number of rotatable bonds is 5. The van der Waals surface area contributed by atoms with Crippen molar-refractivity contribution < 1.29 is 13.2 Å². The highest BCUT2D eigenvalue weighted by molar-refractivity contribution is 7.92.